The van der Waals surface area contributed by atoms with E-state index in [1.54, 1.807) is 13.8 Å². The zero-order valence-corrected chi connectivity index (χ0v) is 21.8. The quantitative estimate of drug-likeness (QED) is 0.302. The maximum atomic E-state index is 13.0. The molecule has 0 saturated heterocycles. The van der Waals surface area contributed by atoms with Crippen LogP contribution in [0.1, 0.15) is 70.4 Å². The number of hydrogen-bond donors (Lipinski definition) is 4. The number of carboxylic acids is 1. The summed E-state index contributed by atoms with van der Waals surface area (Å²) in [7, 11) is 0. The molecule has 194 valence electrons. The number of carbonyl (C=O) groups excluding carboxylic acids is 1. The Morgan fingerprint density at radius 1 is 1.06 bits per heavy atom. The monoisotopic (exact) mass is 493 g/mol. The van der Waals surface area contributed by atoms with E-state index in [2.05, 4.69) is 15.5 Å². The van der Waals surface area contributed by atoms with E-state index in [9.17, 15) is 19.8 Å². The van der Waals surface area contributed by atoms with Crippen molar-refractivity contribution in [3.8, 4) is 0 Å². The molecular formula is C29H39N3O4. The third kappa shape index (κ3) is 7.85. The van der Waals surface area contributed by atoms with Gasteiger partial charge in [0, 0.05) is 24.4 Å². The number of carbonyl (C=O) groups is 2. The fraction of sp³-hybridized carbons (Fsp3) is 0.448. The molecule has 0 radical (unpaired) electrons. The first-order valence-corrected chi connectivity index (χ1v) is 12.8. The van der Waals surface area contributed by atoms with Crippen molar-refractivity contribution in [3.63, 3.8) is 0 Å². The highest BCUT2D eigenvalue weighted by Crippen LogP contribution is 2.36. The number of anilines is 3. The maximum absolute atomic E-state index is 13.0. The molecule has 1 fully saturated rings. The minimum atomic E-state index is -1.01. The molecule has 7 heteroatoms. The van der Waals surface area contributed by atoms with Crippen molar-refractivity contribution in [2.75, 3.05) is 22.1 Å². The average Bonchev–Trinajstić information content (AvgIpc) is 2.82. The summed E-state index contributed by atoms with van der Waals surface area (Å²) in [5.74, 6) is -1.01. The Balaban J connectivity index is 2.02. The van der Waals surface area contributed by atoms with Gasteiger partial charge in [0.25, 0.3) is 0 Å². The van der Waals surface area contributed by atoms with Crippen LogP contribution in [-0.4, -0.2) is 40.4 Å². The van der Waals surface area contributed by atoms with Gasteiger partial charge in [-0.15, -0.1) is 0 Å². The summed E-state index contributed by atoms with van der Waals surface area (Å²) in [4.78, 5) is 26.6. The van der Waals surface area contributed by atoms with Gasteiger partial charge in [-0.1, -0.05) is 49.9 Å². The molecule has 0 aliphatic heterocycles. The van der Waals surface area contributed by atoms with Gasteiger partial charge in [0.1, 0.15) is 0 Å². The van der Waals surface area contributed by atoms with E-state index in [0.717, 1.165) is 42.5 Å². The molecule has 0 unspecified atom stereocenters. The molecule has 2 aromatic carbocycles. The van der Waals surface area contributed by atoms with Crippen LogP contribution in [0.15, 0.2) is 48.5 Å². The zero-order valence-electron chi connectivity index (χ0n) is 21.8. The van der Waals surface area contributed by atoms with Crippen LogP contribution in [-0.2, 0) is 4.79 Å². The highest BCUT2D eigenvalue weighted by Gasteiger charge is 2.28. The number of rotatable bonds is 9. The number of amides is 2. The average molecular weight is 494 g/mol. The molecule has 1 aliphatic carbocycles. The van der Waals surface area contributed by atoms with Gasteiger partial charge in [-0.3, -0.25) is 0 Å². The number of hydrogen-bond acceptors (Lipinski definition) is 4. The van der Waals surface area contributed by atoms with Crippen LogP contribution < -0.4 is 15.5 Å². The summed E-state index contributed by atoms with van der Waals surface area (Å²) >= 11 is 0. The third-order valence-electron chi connectivity index (χ3n) is 6.49. The molecule has 3 rings (SSSR count). The van der Waals surface area contributed by atoms with E-state index in [1.165, 1.54) is 12.5 Å². The lowest BCUT2D eigenvalue weighted by atomic mass is 9.92. The largest absolute Gasteiger partial charge is 0.478 e. The Hall–Kier alpha value is -3.32. The molecule has 0 atom stereocenters. The second-order valence-corrected chi connectivity index (χ2v) is 10.3. The number of urea groups is 1. The van der Waals surface area contributed by atoms with Gasteiger partial charge < -0.3 is 25.7 Å². The second kappa shape index (κ2) is 12.1. The summed E-state index contributed by atoms with van der Waals surface area (Å²) in [6, 6.07) is 13.1. The molecule has 36 heavy (non-hydrogen) atoms. The van der Waals surface area contributed by atoms with Crippen LogP contribution in [0.4, 0.5) is 21.9 Å². The normalized spacial score (nSPS) is 14.9. The highest BCUT2D eigenvalue weighted by molar-refractivity contribution is 6.02. The van der Waals surface area contributed by atoms with Crippen molar-refractivity contribution in [3.05, 3.63) is 59.7 Å². The summed E-state index contributed by atoms with van der Waals surface area (Å²) in [6.07, 6.45) is 7.25. The van der Waals surface area contributed by atoms with E-state index in [-0.39, 0.29) is 12.1 Å². The van der Waals surface area contributed by atoms with Crippen molar-refractivity contribution in [1.29, 1.82) is 0 Å². The topological polar surface area (TPSA) is 102 Å². The Morgan fingerprint density at radius 2 is 1.72 bits per heavy atom. The van der Waals surface area contributed by atoms with Gasteiger partial charge in [0.2, 0.25) is 0 Å². The van der Waals surface area contributed by atoms with Crippen molar-refractivity contribution >= 4 is 34.6 Å². The Morgan fingerprint density at radius 3 is 2.31 bits per heavy atom. The molecule has 0 bridgehead atoms. The summed E-state index contributed by atoms with van der Waals surface area (Å²) in [6.45, 7) is 7.89. The highest BCUT2D eigenvalue weighted by atomic mass is 16.4. The number of aliphatic carboxylic acids is 1. The molecule has 0 spiro atoms. The van der Waals surface area contributed by atoms with Crippen molar-refractivity contribution in [1.82, 2.24) is 0 Å². The smallest absolute Gasteiger partial charge is 0.328 e. The van der Waals surface area contributed by atoms with Crippen LogP contribution in [0.3, 0.4) is 0 Å². The van der Waals surface area contributed by atoms with Crippen LogP contribution in [0.25, 0.3) is 5.57 Å². The number of benzene rings is 2. The minimum Gasteiger partial charge on any atom is -0.478 e. The van der Waals surface area contributed by atoms with E-state index >= 15 is 0 Å². The molecule has 1 aliphatic rings. The van der Waals surface area contributed by atoms with Crippen molar-refractivity contribution in [2.45, 2.75) is 77.9 Å². The number of nitrogens with zero attached hydrogens (tertiary/aromatic N) is 1. The van der Waals surface area contributed by atoms with Crippen LogP contribution in [0.5, 0.6) is 0 Å². The van der Waals surface area contributed by atoms with E-state index in [0.29, 0.717) is 29.9 Å². The fourth-order valence-electron chi connectivity index (χ4n) is 4.77. The van der Waals surface area contributed by atoms with Crippen LogP contribution in [0, 0.1) is 6.92 Å². The number of aliphatic hydroxyl groups is 1. The lowest BCUT2D eigenvalue weighted by Gasteiger charge is -2.40. The van der Waals surface area contributed by atoms with Gasteiger partial charge in [-0.25, -0.2) is 9.59 Å². The Kier molecular flexibility index (Phi) is 9.15. The van der Waals surface area contributed by atoms with Gasteiger partial charge in [0.05, 0.1) is 17.0 Å². The van der Waals surface area contributed by atoms with Crippen molar-refractivity contribution < 1.29 is 19.8 Å². The molecule has 4 N–H and O–H groups in total. The Labute approximate surface area is 214 Å². The Bertz CT molecular complexity index is 1080. The second-order valence-electron chi connectivity index (χ2n) is 10.3. The van der Waals surface area contributed by atoms with Gasteiger partial charge in [0.15, 0.2) is 0 Å². The first-order valence-electron chi connectivity index (χ1n) is 12.8. The van der Waals surface area contributed by atoms with E-state index < -0.39 is 11.6 Å². The lowest BCUT2D eigenvalue weighted by Crippen LogP contribution is -2.46. The first-order chi connectivity index (χ1) is 17.1. The molecular weight excluding hydrogens is 454 g/mol. The van der Waals surface area contributed by atoms with Crippen LogP contribution in [0.2, 0.25) is 0 Å². The molecule has 0 aromatic heterocycles. The summed E-state index contributed by atoms with van der Waals surface area (Å²) in [5.41, 5.74) is 3.65. The minimum absolute atomic E-state index is 0.247. The molecule has 0 heterocycles. The van der Waals surface area contributed by atoms with Gasteiger partial charge >= 0.3 is 12.0 Å². The number of allylic oxidation sites excluding steroid dienone is 1. The fourth-order valence-corrected chi connectivity index (χ4v) is 4.77. The predicted octanol–water partition coefficient (Wildman–Crippen LogP) is 6.43. The SMILES string of the molecule is CC/C(=C\C(=O)O)c1ccc(N(CC(C)(C)O)C2CCCCC2)c(NC(=O)Nc2ccc(C)cc2)c1. The van der Waals surface area contributed by atoms with Gasteiger partial charge in [-0.2, -0.15) is 0 Å². The maximum Gasteiger partial charge on any atom is 0.328 e. The van der Waals surface area contributed by atoms with Gasteiger partial charge in [-0.05, 0) is 75.4 Å². The molecule has 2 aromatic rings. The molecule has 7 nitrogen and oxygen atoms in total. The summed E-state index contributed by atoms with van der Waals surface area (Å²) in [5, 5.41) is 25.9. The molecule has 1 saturated carbocycles. The number of aryl methyl sites for hydroxylation is 1. The standard InChI is InChI=1S/C29H39N3O4/c1-5-21(18-27(33)34)22-13-16-26(32(19-29(3,4)36)24-9-7-6-8-10-24)25(17-22)31-28(35)30-23-14-11-20(2)12-15-23/h11-18,24,36H,5-10,19H2,1-4H3,(H,33,34)(H2,30,31,35)/b21-18+. The number of carboxylic acid groups (broad SMARTS) is 1. The third-order valence-corrected chi connectivity index (χ3v) is 6.49. The van der Waals surface area contributed by atoms with E-state index in [4.69, 9.17) is 0 Å². The summed E-state index contributed by atoms with van der Waals surface area (Å²) < 4.78 is 0. The van der Waals surface area contributed by atoms with Crippen LogP contribution >= 0.6 is 0 Å². The molecule has 2 amide bonds. The zero-order chi connectivity index (χ0) is 26.3. The van der Waals surface area contributed by atoms with E-state index in [1.807, 2.05) is 56.3 Å². The first kappa shape index (κ1) is 27.3. The lowest BCUT2D eigenvalue weighted by molar-refractivity contribution is -0.131. The number of nitrogens with one attached hydrogen (secondary N) is 2. The van der Waals surface area contributed by atoms with Crippen molar-refractivity contribution in [2.24, 2.45) is 0 Å². The predicted molar refractivity (Wildman–Crippen MR) is 147 cm³/mol.